The van der Waals surface area contributed by atoms with Crippen molar-refractivity contribution in [2.75, 3.05) is 6.54 Å². The van der Waals surface area contributed by atoms with Crippen LogP contribution in [0, 0.1) is 5.92 Å². The maximum absolute atomic E-state index is 4.67. The molecule has 1 aromatic heterocycles. The number of nitrogens with one attached hydrogen (secondary N) is 1. The molecule has 1 saturated heterocycles. The van der Waals surface area contributed by atoms with Crippen LogP contribution in [0.15, 0.2) is 30.5 Å². The molecule has 1 fully saturated rings. The largest absolute Gasteiger partial charge is 0.308 e. The molecule has 2 atom stereocenters. The molecule has 0 saturated carbocycles. The van der Waals surface area contributed by atoms with Gasteiger partial charge in [0.2, 0.25) is 0 Å². The minimum Gasteiger partial charge on any atom is -0.308 e. The lowest BCUT2D eigenvalue weighted by atomic mass is 10.1. The molecular formula is C13H15N3. The van der Waals surface area contributed by atoms with Gasteiger partial charge < -0.3 is 5.32 Å². The highest BCUT2D eigenvalue weighted by Gasteiger charge is 2.23. The van der Waals surface area contributed by atoms with Crippen molar-refractivity contribution in [3.05, 3.63) is 36.2 Å². The fourth-order valence-corrected chi connectivity index (χ4v) is 2.28. The summed E-state index contributed by atoms with van der Waals surface area (Å²) in [5.74, 6) is 0.735. The van der Waals surface area contributed by atoms with Gasteiger partial charge in [-0.1, -0.05) is 19.1 Å². The van der Waals surface area contributed by atoms with Crippen LogP contribution in [0.2, 0.25) is 0 Å². The molecular weight excluding hydrogens is 198 g/mol. The van der Waals surface area contributed by atoms with Crippen molar-refractivity contribution in [3.63, 3.8) is 0 Å². The molecule has 1 N–H and O–H groups in total. The third-order valence-electron chi connectivity index (χ3n) is 3.17. The molecule has 0 bridgehead atoms. The summed E-state index contributed by atoms with van der Waals surface area (Å²) in [6.45, 7) is 3.35. The average Bonchev–Trinajstić information content (AvgIpc) is 2.75. The van der Waals surface area contributed by atoms with Crippen molar-refractivity contribution in [2.45, 2.75) is 19.4 Å². The van der Waals surface area contributed by atoms with Crippen LogP contribution in [0.5, 0.6) is 0 Å². The van der Waals surface area contributed by atoms with E-state index in [1.54, 1.807) is 0 Å². The molecule has 3 heteroatoms. The molecule has 0 unspecified atom stereocenters. The van der Waals surface area contributed by atoms with Crippen molar-refractivity contribution in [3.8, 4) is 0 Å². The highest BCUT2D eigenvalue weighted by molar-refractivity contribution is 5.73. The predicted octanol–water partition coefficient (Wildman–Crippen LogP) is 2.30. The molecule has 0 amide bonds. The fraction of sp³-hybridized carbons (Fsp3) is 0.385. The third-order valence-corrected chi connectivity index (χ3v) is 3.17. The maximum Gasteiger partial charge on any atom is 0.0890 e. The molecule has 3 rings (SSSR count). The van der Waals surface area contributed by atoms with E-state index in [0.29, 0.717) is 6.04 Å². The van der Waals surface area contributed by atoms with E-state index < -0.39 is 0 Å². The van der Waals surface area contributed by atoms with Gasteiger partial charge in [-0.2, -0.15) is 0 Å². The van der Waals surface area contributed by atoms with E-state index in [1.807, 2.05) is 30.5 Å². The van der Waals surface area contributed by atoms with Gasteiger partial charge in [0.05, 0.1) is 29.0 Å². The van der Waals surface area contributed by atoms with Crippen LogP contribution in [-0.4, -0.2) is 16.5 Å². The minimum absolute atomic E-state index is 0.382. The Hall–Kier alpha value is -1.48. The van der Waals surface area contributed by atoms with Crippen LogP contribution in [-0.2, 0) is 0 Å². The summed E-state index contributed by atoms with van der Waals surface area (Å²) < 4.78 is 0. The summed E-state index contributed by atoms with van der Waals surface area (Å²) in [6.07, 6.45) is 3.06. The normalized spacial score (nSPS) is 25.1. The molecule has 3 nitrogen and oxygen atoms in total. The van der Waals surface area contributed by atoms with Crippen LogP contribution in [0.1, 0.15) is 25.1 Å². The third kappa shape index (κ3) is 1.67. The van der Waals surface area contributed by atoms with Gasteiger partial charge in [-0.05, 0) is 31.0 Å². The average molecular weight is 213 g/mol. The molecule has 2 heterocycles. The Morgan fingerprint density at radius 3 is 2.81 bits per heavy atom. The molecule has 16 heavy (non-hydrogen) atoms. The molecule has 0 aliphatic carbocycles. The van der Waals surface area contributed by atoms with E-state index in [2.05, 4.69) is 22.2 Å². The van der Waals surface area contributed by atoms with Gasteiger partial charge >= 0.3 is 0 Å². The lowest BCUT2D eigenvalue weighted by Crippen LogP contribution is -2.14. The molecule has 0 radical (unpaired) electrons. The van der Waals surface area contributed by atoms with Gasteiger partial charge in [-0.3, -0.25) is 4.98 Å². The Morgan fingerprint density at radius 1 is 1.25 bits per heavy atom. The van der Waals surface area contributed by atoms with Gasteiger partial charge in [-0.15, -0.1) is 0 Å². The lowest BCUT2D eigenvalue weighted by Gasteiger charge is -2.09. The van der Waals surface area contributed by atoms with E-state index in [0.717, 1.165) is 35.6 Å². The van der Waals surface area contributed by atoms with Gasteiger partial charge in [-0.25, -0.2) is 4.98 Å². The first-order valence-corrected chi connectivity index (χ1v) is 5.78. The van der Waals surface area contributed by atoms with Crippen LogP contribution < -0.4 is 5.32 Å². The second kappa shape index (κ2) is 3.83. The zero-order valence-corrected chi connectivity index (χ0v) is 9.35. The zero-order valence-electron chi connectivity index (χ0n) is 9.35. The number of benzene rings is 1. The Bertz CT molecular complexity index is 509. The van der Waals surface area contributed by atoms with Crippen molar-refractivity contribution >= 4 is 11.0 Å². The van der Waals surface area contributed by atoms with E-state index in [9.17, 15) is 0 Å². The first-order valence-electron chi connectivity index (χ1n) is 5.78. The van der Waals surface area contributed by atoms with Gasteiger partial charge in [0.25, 0.3) is 0 Å². The zero-order chi connectivity index (χ0) is 11.0. The minimum atomic E-state index is 0.382. The molecule has 1 aliphatic rings. The number of hydrogen-bond donors (Lipinski definition) is 1. The van der Waals surface area contributed by atoms with Gasteiger partial charge in [0, 0.05) is 0 Å². The molecule has 82 valence electrons. The smallest absolute Gasteiger partial charge is 0.0890 e. The van der Waals surface area contributed by atoms with Crippen molar-refractivity contribution < 1.29 is 0 Å². The topological polar surface area (TPSA) is 37.8 Å². The van der Waals surface area contributed by atoms with Crippen molar-refractivity contribution in [1.82, 2.24) is 15.3 Å². The van der Waals surface area contributed by atoms with Crippen molar-refractivity contribution in [2.24, 2.45) is 5.92 Å². The number of aromatic nitrogens is 2. The summed E-state index contributed by atoms with van der Waals surface area (Å²) in [7, 11) is 0. The number of nitrogens with zero attached hydrogens (tertiary/aromatic N) is 2. The van der Waals surface area contributed by atoms with Gasteiger partial charge in [0.15, 0.2) is 0 Å². The standard InChI is InChI=1S/C13H15N3/c1-9-6-12(14-7-9)13-8-15-10-4-2-3-5-11(10)16-13/h2-5,8-9,12,14H,6-7H2,1H3/t9-,12-/m1/s1. The summed E-state index contributed by atoms with van der Waals surface area (Å²) in [5.41, 5.74) is 3.03. The molecule has 2 aromatic rings. The number of fused-ring (bicyclic) bond motifs is 1. The van der Waals surface area contributed by atoms with E-state index >= 15 is 0 Å². The van der Waals surface area contributed by atoms with Crippen LogP contribution in [0.4, 0.5) is 0 Å². The maximum atomic E-state index is 4.67. The second-order valence-corrected chi connectivity index (χ2v) is 4.59. The SMILES string of the molecule is C[C@H]1CN[C@@H](c2cnc3ccccc3n2)C1. The molecule has 0 spiro atoms. The molecule has 1 aliphatic heterocycles. The Morgan fingerprint density at radius 2 is 2.06 bits per heavy atom. The van der Waals surface area contributed by atoms with E-state index in [-0.39, 0.29) is 0 Å². The molecule has 1 aromatic carbocycles. The highest BCUT2D eigenvalue weighted by atomic mass is 15.0. The summed E-state index contributed by atoms with van der Waals surface area (Å²) in [5, 5.41) is 3.48. The first kappa shape index (κ1) is 9.73. The van der Waals surface area contributed by atoms with Gasteiger partial charge in [0.1, 0.15) is 0 Å². The van der Waals surface area contributed by atoms with E-state index in [1.165, 1.54) is 0 Å². The quantitative estimate of drug-likeness (QED) is 0.789. The first-order chi connectivity index (χ1) is 7.83. The van der Waals surface area contributed by atoms with Crippen molar-refractivity contribution in [1.29, 1.82) is 0 Å². The van der Waals surface area contributed by atoms with Crippen LogP contribution in [0.25, 0.3) is 11.0 Å². The van der Waals surface area contributed by atoms with Crippen LogP contribution in [0.3, 0.4) is 0 Å². The van der Waals surface area contributed by atoms with Crippen LogP contribution >= 0.6 is 0 Å². The van der Waals surface area contributed by atoms with E-state index in [4.69, 9.17) is 0 Å². The monoisotopic (exact) mass is 213 g/mol. The predicted molar refractivity (Wildman–Crippen MR) is 64.1 cm³/mol. The summed E-state index contributed by atoms with van der Waals surface area (Å²) in [6, 6.07) is 8.39. The Balaban J connectivity index is 1.99. The number of hydrogen-bond acceptors (Lipinski definition) is 3. The summed E-state index contributed by atoms with van der Waals surface area (Å²) in [4.78, 5) is 9.11. The Kier molecular flexibility index (Phi) is 2.33. The Labute approximate surface area is 94.9 Å². The fourth-order valence-electron chi connectivity index (χ4n) is 2.28. The highest BCUT2D eigenvalue weighted by Crippen LogP contribution is 2.25. The summed E-state index contributed by atoms with van der Waals surface area (Å²) >= 11 is 0. The number of rotatable bonds is 1. The second-order valence-electron chi connectivity index (χ2n) is 4.59. The number of para-hydroxylation sites is 2. The lowest BCUT2D eigenvalue weighted by molar-refractivity contribution is 0.599.